The molecule has 12 aromatic rings. The zero-order valence-electron chi connectivity index (χ0n) is 72.1. The van der Waals surface area contributed by atoms with Gasteiger partial charge in [-0.1, -0.05) is 275 Å². The first-order valence-corrected chi connectivity index (χ1v) is 38.6. The predicted octanol–water partition coefficient (Wildman–Crippen LogP) is 26.7. The van der Waals surface area contributed by atoms with E-state index in [1.165, 1.54) is 73.9 Å². The third-order valence-corrected chi connectivity index (χ3v) is 12.2. The molecular weight excluding hydrogens is 1300 g/mol. The lowest BCUT2D eigenvalue weighted by Crippen LogP contribution is -2.25. The SMILES string of the molecule is CC.CC.CC.CC.CC.CC.CC.CC.CC.CC.CC.CC.Cc1ccc2c(c1)C1(c3ccccc3-c3ccccc31)c1ccccc1-2.Cc1ccccn1.Cc1cccnc1.Cc1cccnn1.Cc1ccncc1.Cc1ccncn1.Cc1ccnnc1.Cc1cnccn1.Cc1cncnc1. The number of hydrogen-bond donors (Lipinski definition) is 0. The second-order valence-corrected chi connectivity index (χ2v) is 18.9. The largest absolute Gasteiger partial charge is 0.265 e. The molecule has 2 aliphatic rings. The molecule has 4 aromatic carbocycles. The van der Waals surface area contributed by atoms with Gasteiger partial charge >= 0.3 is 0 Å². The lowest BCUT2D eigenvalue weighted by molar-refractivity contribution is 0.792. The smallest absolute Gasteiger partial charge is 0.115 e. The fourth-order valence-corrected chi connectivity index (χ4v) is 8.37. The van der Waals surface area contributed by atoms with Gasteiger partial charge in [0.2, 0.25) is 0 Å². The van der Waals surface area contributed by atoms with E-state index in [0.717, 1.165) is 33.9 Å². The van der Waals surface area contributed by atoms with E-state index >= 15 is 0 Å². The molecule has 14 rings (SSSR count). The maximum Gasteiger partial charge on any atom is 0.115 e. The van der Waals surface area contributed by atoms with Gasteiger partial charge in [-0.25, -0.2) is 19.9 Å². The van der Waals surface area contributed by atoms with Crippen LogP contribution < -0.4 is 0 Å². The molecule has 0 saturated heterocycles. The molecule has 0 aliphatic heterocycles. The molecule has 1 spiro atoms. The van der Waals surface area contributed by atoms with E-state index in [1.807, 2.05) is 294 Å². The van der Waals surface area contributed by atoms with Gasteiger partial charge in [-0.05, 0) is 184 Å². The summed E-state index contributed by atoms with van der Waals surface area (Å²) in [6.45, 7) is 65.9. The molecule has 0 atom stereocenters. The Kier molecular flexibility index (Phi) is 82.8. The fourth-order valence-electron chi connectivity index (χ4n) is 8.37. The molecule has 0 N–H and O–H groups in total. The van der Waals surface area contributed by atoms with Crippen molar-refractivity contribution in [2.24, 2.45) is 0 Å². The van der Waals surface area contributed by atoms with Crippen molar-refractivity contribution in [3.8, 4) is 22.3 Å². The number of aromatic nitrogens is 13. The van der Waals surface area contributed by atoms with Crippen LogP contribution in [0, 0.1) is 62.3 Å². The van der Waals surface area contributed by atoms with Crippen molar-refractivity contribution in [2.45, 2.75) is 234 Å². The van der Waals surface area contributed by atoms with Crippen LogP contribution in [-0.4, -0.2) is 65.3 Å². The average Bonchev–Trinajstić information content (AvgIpc) is 1.51. The van der Waals surface area contributed by atoms with Crippen molar-refractivity contribution in [3.63, 3.8) is 0 Å². The van der Waals surface area contributed by atoms with Crippen LogP contribution in [0.25, 0.3) is 22.3 Å². The van der Waals surface area contributed by atoms with Gasteiger partial charge in [0, 0.05) is 91.9 Å². The van der Waals surface area contributed by atoms with Gasteiger partial charge in [-0.3, -0.25) is 24.9 Å². The van der Waals surface area contributed by atoms with Crippen LogP contribution in [0.4, 0.5) is 0 Å². The minimum Gasteiger partial charge on any atom is -0.265 e. The standard InChI is InChI=1S/C26H18.3C6H7N.5C5H6N2.12C2H6/c1-17-14-15-21-20-10-4-7-13-24(20)26(25(21)16-17)22-11-5-2-8-18(22)19-9-3-6-12-23(19)26;1-6-2-4-7-5-3-6;1-6-3-2-4-7-5-6;1-6-4-2-3-5-7-6;1-5-2-6-4-7-3-5;1-5-4-6-2-3-7-5;1-5-2-3-6-4-7-5;1-5-2-3-6-7-4-5;1-5-3-2-4-6-7-5;12*1-2/h2-16H,1H3;3*2-5H,1H3;5*2-4H,1H3;12*1-2H3. The fraction of sp³-hybridized carbons (Fsp3) is 0.366. The highest BCUT2D eigenvalue weighted by Crippen LogP contribution is 2.62. The highest BCUT2D eigenvalue weighted by atomic mass is 15.1. The van der Waals surface area contributed by atoms with Crippen LogP contribution in [-0.2, 0) is 5.41 Å². The van der Waals surface area contributed by atoms with E-state index < -0.39 is 0 Å². The van der Waals surface area contributed by atoms with Crippen molar-refractivity contribution in [2.75, 3.05) is 0 Å². The third-order valence-electron chi connectivity index (χ3n) is 12.2. The topological polar surface area (TPSA) is 168 Å². The Balaban J connectivity index is -0.000000212. The first-order chi connectivity index (χ1) is 52.0. The van der Waals surface area contributed by atoms with Gasteiger partial charge in [0.05, 0.1) is 23.0 Å². The van der Waals surface area contributed by atoms with Crippen LogP contribution in [0.3, 0.4) is 0 Å². The highest BCUT2D eigenvalue weighted by Gasteiger charge is 2.51. The van der Waals surface area contributed by atoms with Gasteiger partial charge in [-0.15, -0.1) is 0 Å². The number of benzene rings is 4. The molecule has 0 saturated carbocycles. The van der Waals surface area contributed by atoms with Gasteiger partial charge in [-0.2, -0.15) is 20.4 Å². The number of fused-ring (bicyclic) bond motifs is 10. The van der Waals surface area contributed by atoms with Gasteiger partial charge < -0.3 is 0 Å². The van der Waals surface area contributed by atoms with E-state index in [1.54, 1.807) is 80.6 Å². The summed E-state index contributed by atoms with van der Waals surface area (Å²) in [6, 6.07) is 55.1. The molecule has 0 radical (unpaired) electrons. The van der Waals surface area contributed by atoms with Crippen molar-refractivity contribution >= 4 is 0 Å². The minimum absolute atomic E-state index is 0.189. The molecule has 0 unspecified atom stereocenters. The minimum atomic E-state index is -0.189. The third kappa shape index (κ3) is 46.4. The summed E-state index contributed by atoms with van der Waals surface area (Å²) in [4.78, 5) is 34.6. The number of nitrogens with zero attached hydrogens (tertiary/aromatic N) is 13. The van der Waals surface area contributed by atoms with Crippen LogP contribution in [0.5, 0.6) is 0 Å². The van der Waals surface area contributed by atoms with Crippen LogP contribution in [0.2, 0.25) is 0 Å². The molecule has 578 valence electrons. The van der Waals surface area contributed by atoms with Gasteiger partial charge in [0.1, 0.15) is 12.7 Å². The van der Waals surface area contributed by atoms with Crippen molar-refractivity contribution in [3.05, 3.63) is 330 Å². The Bertz CT molecular complexity index is 3150. The molecule has 8 aromatic heterocycles. The van der Waals surface area contributed by atoms with Gasteiger partial charge in [0.25, 0.3) is 0 Å². The molecule has 13 nitrogen and oxygen atoms in total. The number of pyridine rings is 3. The summed E-state index contributed by atoms with van der Waals surface area (Å²) in [5, 5.41) is 14.6. The molecule has 0 fully saturated rings. The van der Waals surface area contributed by atoms with Gasteiger partial charge in [0.15, 0.2) is 0 Å². The second-order valence-electron chi connectivity index (χ2n) is 18.9. The molecule has 2 aliphatic carbocycles. The van der Waals surface area contributed by atoms with Crippen LogP contribution in [0.1, 0.15) is 239 Å². The lowest BCUT2D eigenvalue weighted by Gasteiger charge is -2.30. The number of hydrogen-bond acceptors (Lipinski definition) is 13. The van der Waals surface area contributed by atoms with E-state index in [9.17, 15) is 0 Å². The normalized spacial score (nSPS) is 8.88. The average molecular weight is 1440 g/mol. The molecule has 106 heavy (non-hydrogen) atoms. The second kappa shape index (κ2) is 80.4. The quantitative estimate of drug-likeness (QED) is 0.141. The summed E-state index contributed by atoms with van der Waals surface area (Å²) in [5.41, 5.74) is 21.0. The van der Waals surface area contributed by atoms with Crippen LogP contribution >= 0.6 is 0 Å². The Morgan fingerprint density at radius 3 is 0.906 bits per heavy atom. The van der Waals surface area contributed by atoms with E-state index in [-0.39, 0.29) is 5.41 Å². The Labute approximate surface area is 647 Å². The summed E-state index contributed by atoms with van der Waals surface area (Å²) in [7, 11) is 0. The van der Waals surface area contributed by atoms with E-state index in [2.05, 4.69) is 163 Å². The predicted molar refractivity (Wildman–Crippen MR) is 464 cm³/mol. The van der Waals surface area contributed by atoms with E-state index in [4.69, 9.17) is 0 Å². The first-order valence-electron chi connectivity index (χ1n) is 38.6. The van der Waals surface area contributed by atoms with Crippen molar-refractivity contribution in [1.29, 1.82) is 0 Å². The zero-order chi connectivity index (χ0) is 82.2. The molecule has 0 bridgehead atoms. The number of rotatable bonds is 0. The Morgan fingerprint density at radius 2 is 0.632 bits per heavy atom. The molecule has 13 heteroatoms. The van der Waals surface area contributed by atoms with Crippen LogP contribution in [0.15, 0.2) is 257 Å². The maximum atomic E-state index is 3.98. The molecule has 8 heterocycles. The van der Waals surface area contributed by atoms with Crippen molar-refractivity contribution < 1.29 is 0 Å². The zero-order valence-corrected chi connectivity index (χ0v) is 72.1. The monoisotopic (exact) mass is 1440 g/mol. The summed E-state index contributed by atoms with van der Waals surface area (Å²) in [5.74, 6) is 0. The molecular formula is C93H141N13. The first kappa shape index (κ1) is 109. The molecule has 0 amide bonds. The van der Waals surface area contributed by atoms with E-state index in [0.29, 0.717) is 0 Å². The summed E-state index contributed by atoms with van der Waals surface area (Å²) in [6.07, 6.45) is 27.4. The maximum absolute atomic E-state index is 3.98. The number of aryl methyl sites for hydroxylation is 9. The summed E-state index contributed by atoms with van der Waals surface area (Å²) < 4.78 is 0. The van der Waals surface area contributed by atoms with Crippen molar-refractivity contribution in [1.82, 2.24) is 65.3 Å². The summed E-state index contributed by atoms with van der Waals surface area (Å²) >= 11 is 0. The Morgan fingerprint density at radius 1 is 0.208 bits per heavy atom. The highest BCUT2D eigenvalue weighted by molar-refractivity contribution is 5.95. The Hall–Kier alpha value is -10.3. The lowest BCUT2D eigenvalue weighted by atomic mass is 9.70.